The van der Waals surface area contributed by atoms with E-state index in [0.717, 1.165) is 12.1 Å². The van der Waals surface area contributed by atoms with Gasteiger partial charge in [-0.25, -0.2) is 0 Å². The Morgan fingerprint density at radius 2 is 2.10 bits per heavy atom. The Labute approximate surface area is 61.0 Å². The number of hydrogen-bond donors (Lipinski definition) is 1. The van der Waals surface area contributed by atoms with E-state index < -0.39 is 0 Å². The first-order valence-electron chi connectivity index (χ1n) is 3.08. The third-order valence-corrected chi connectivity index (χ3v) is 1.09. The molecule has 0 aliphatic heterocycles. The normalized spacial score (nSPS) is 12.0. The first kappa shape index (κ1) is 9.39. The van der Waals surface area contributed by atoms with E-state index in [1.165, 1.54) is 0 Å². The number of methoxy groups -OCH3 is 2. The first-order chi connectivity index (χ1) is 4.85. The molecular weight excluding hydrogens is 132 g/mol. The molecule has 0 saturated carbocycles. The topological polar surface area (TPSA) is 56.8 Å². The average molecular weight is 146 g/mol. The maximum atomic E-state index is 5.05. The van der Waals surface area contributed by atoms with Crippen LogP contribution in [0.25, 0.3) is 0 Å². The molecular formula is C6H14N2O2. The van der Waals surface area contributed by atoms with E-state index in [2.05, 4.69) is 5.10 Å². The van der Waals surface area contributed by atoms with Crippen LogP contribution < -0.4 is 5.84 Å². The van der Waals surface area contributed by atoms with Gasteiger partial charge in [0.2, 0.25) is 0 Å². The van der Waals surface area contributed by atoms with Crippen LogP contribution in [0.15, 0.2) is 5.10 Å². The van der Waals surface area contributed by atoms with Gasteiger partial charge >= 0.3 is 0 Å². The molecule has 0 rings (SSSR count). The van der Waals surface area contributed by atoms with Crippen LogP contribution in [0.3, 0.4) is 0 Å². The second-order valence-corrected chi connectivity index (χ2v) is 1.87. The van der Waals surface area contributed by atoms with Crippen molar-refractivity contribution in [2.75, 3.05) is 27.4 Å². The molecule has 0 aliphatic carbocycles. The van der Waals surface area contributed by atoms with E-state index in [-0.39, 0.29) is 0 Å². The quantitative estimate of drug-likeness (QED) is 0.337. The molecule has 0 saturated heterocycles. The van der Waals surface area contributed by atoms with Gasteiger partial charge in [-0.3, -0.25) is 0 Å². The summed E-state index contributed by atoms with van der Waals surface area (Å²) in [5.74, 6) is 5.05. The van der Waals surface area contributed by atoms with E-state index in [9.17, 15) is 0 Å². The lowest BCUT2D eigenvalue weighted by Crippen LogP contribution is -2.12. The maximum Gasteiger partial charge on any atom is 0.0863 e. The lowest BCUT2D eigenvalue weighted by molar-refractivity contribution is 0.201. The highest BCUT2D eigenvalue weighted by atomic mass is 16.5. The van der Waals surface area contributed by atoms with Crippen LogP contribution in [0.5, 0.6) is 0 Å². The van der Waals surface area contributed by atoms with Crippen LogP contribution in [-0.2, 0) is 9.47 Å². The molecule has 0 heterocycles. The molecule has 0 spiro atoms. The molecule has 4 heteroatoms. The van der Waals surface area contributed by atoms with Gasteiger partial charge in [0.05, 0.1) is 18.9 Å². The number of ether oxygens (including phenoxy) is 2. The molecule has 0 atom stereocenters. The number of rotatable bonds is 5. The fraction of sp³-hybridized carbons (Fsp3) is 0.833. The predicted molar refractivity (Wildman–Crippen MR) is 40.0 cm³/mol. The minimum atomic E-state index is 0.486. The zero-order chi connectivity index (χ0) is 7.82. The minimum Gasteiger partial charge on any atom is -0.384 e. The standard InChI is InChI=1S/C6H14N2O2/c1-9-4-3-6(8-7)5-10-2/h3-5,7H2,1-2H3/b8-6-. The summed E-state index contributed by atoms with van der Waals surface area (Å²) in [5.41, 5.74) is 0.823. The summed E-state index contributed by atoms with van der Waals surface area (Å²) in [6.45, 7) is 1.12. The molecule has 2 N–H and O–H groups in total. The number of nitrogens with two attached hydrogens (primary N) is 1. The lowest BCUT2D eigenvalue weighted by Gasteiger charge is -2.01. The summed E-state index contributed by atoms with van der Waals surface area (Å²) in [6, 6.07) is 0. The highest BCUT2D eigenvalue weighted by Gasteiger charge is 1.96. The maximum absolute atomic E-state index is 5.05. The summed E-state index contributed by atoms with van der Waals surface area (Å²) >= 11 is 0. The van der Waals surface area contributed by atoms with Crippen molar-refractivity contribution in [3.05, 3.63) is 0 Å². The Morgan fingerprint density at radius 1 is 1.40 bits per heavy atom. The Kier molecular flexibility index (Phi) is 6.11. The van der Waals surface area contributed by atoms with Crippen LogP contribution >= 0.6 is 0 Å². The molecule has 0 aromatic rings. The van der Waals surface area contributed by atoms with Crippen molar-refractivity contribution in [2.45, 2.75) is 6.42 Å². The number of hydrazone groups is 1. The van der Waals surface area contributed by atoms with Gasteiger partial charge in [-0.1, -0.05) is 0 Å². The monoisotopic (exact) mass is 146 g/mol. The summed E-state index contributed by atoms with van der Waals surface area (Å²) in [4.78, 5) is 0. The van der Waals surface area contributed by atoms with Crippen LogP contribution in [0, 0.1) is 0 Å². The van der Waals surface area contributed by atoms with Gasteiger partial charge in [0.25, 0.3) is 0 Å². The minimum absolute atomic E-state index is 0.486. The van der Waals surface area contributed by atoms with Gasteiger partial charge in [0, 0.05) is 20.6 Å². The molecule has 0 amide bonds. The van der Waals surface area contributed by atoms with Crippen LogP contribution in [0.4, 0.5) is 0 Å². The number of nitrogens with zero attached hydrogens (tertiary/aromatic N) is 1. The molecule has 0 unspecified atom stereocenters. The summed E-state index contributed by atoms with van der Waals surface area (Å²) in [7, 11) is 3.25. The van der Waals surface area contributed by atoms with Gasteiger partial charge in [-0.05, 0) is 0 Å². The van der Waals surface area contributed by atoms with Crippen molar-refractivity contribution in [2.24, 2.45) is 10.9 Å². The Balaban J connectivity index is 3.41. The molecule has 0 aliphatic rings. The molecule has 4 nitrogen and oxygen atoms in total. The van der Waals surface area contributed by atoms with Crippen molar-refractivity contribution in [3.63, 3.8) is 0 Å². The predicted octanol–water partition coefficient (Wildman–Crippen LogP) is -0.0160. The first-order valence-corrected chi connectivity index (χ1v) is 3.08. The Bertz CT molecular complexity index is 104. The van der Waals surface area contributed by atoms with E-state index in [1.54, 1.807) is 14.2 Å². The average Bonchev–Trinajstić information content (AvgIpc) is 1.98. The lowest BCUT2D eigenvalue weighted by atomic mass is 10.3. The van der Waals surface area contributed by atoms with Gasteiger partial charge in [-0.2, -0.15) is 5.10 Å². The third kappa shape index (κ3) is 4.29. The van der Waals surface area contributed by atoms with Crippen molar-refractivity contribution in [3.8, 4) is 0 Å². The molecule has 10 heavy (non-hydrogen) atoms. The summed E-state index contributed by atoms with van der Waals surface area (Å²) in [6.07, 6.45) is 0.737. The SMILES string of the molecule is COCC/C(COC)=N/N. The molecule has 0 aromatic heterocycles. The van der Waals surface area contributed by atoms with E-state index in [4.69, 9.17) is 15.3 Å². The fourth-order valence-corrected chi connectivity index (χ4v) is 0.560. The fourth-order valence-electron chi connectivity index (χ4n) is 0.560. The van der Waals surface area contributed by atoms with Crippen molar-refractivity contribution < 1.29 is 9.47 Å². The van der Waals surface area contributed by atoms with Gasteiger partial charge in [0.1, 0.15) is 0 Å². The van der Waals surface area contributed by atoms with E-state index >= 15 is 0 Å². The largest absolute Gasteiger partial charge is 0.384 e. The molecule has 0 aromatic carbocycles. The molecule has 0 radical (unpaired) electrons. The van der Waals surface area contributed by atoms with E-state index in [0.29, 0.717) is 13.2 Å². The van der Waals surface area contributed by atoms with Crippen molar-refractivity contribution in [1.29, 1.82) is 0 Å². The Morgan fingerprint density at radius 3 is 2.50 bits per heavy atom. The zero-order valence-corrected chi connectivity index (χ0v) is 6.46. The molecule has 0 fully saturated rings. The highest BCUT2D eigenvalue weighted by Crippen LogP contribution is 1.86. The number of hydrogen-bond acceptors (Lipinski definition) is 4. The second-order valence-electron chi connectivity index (χ2n) is 1.87. The van der Waals surface area contributed by atoms with Gasteiger partial charge < -0.3 is 15.3 Å². The van der Waals surface area contributed by atoms with Gasteiger partial charge in [-0.15, -0.1) is 0 Å². The third-order valence-electron chi connectivity index (χ3n) is 1.09. The highest BCUT2D eigenvalue weighted by molar-refractivity contribution is 5.85. The Hall–Kier alpha value is -0.610. The smallest absolute Gasteiger partial charge is 0.0863 e. The second kappa shape index (κ2) is 6.51. The summed E-state index contributed by atoms with van der Waals surface area (Å²) in [5, 5.41) is 3.53. The zero-order valence-electron chi connectivity index (χ0n) is 6.46. The molecule has 60 valence electrons. The van der Waals surface area contributed by atoms with Gasteiger partial charge in [0.15, 0.2) is 0 Å². The summed E-state index contributed by atoms with van der Waals surface area (Å²) < 4.78 is 9.65. The molecule has 0 bridgehead atoms. The van der Waals surface area contributed by atoms with Crippen LogP contribution in [-0.4, -0.2) is 33.1 Å². The van der Waals surface area contributed by atoms with Crippen LogP contribution in [0.2, 0.25) is 0 Å². The van der Waals surface area contributed by atoms with Crippen molar-refractivity contribution >= 4 is 5.71 Å². The van der Waals surface area contributed by atoms with E-state index in [1.807, 2.05) is 0 Å². The van der Waals surface area contributed by atoms with Crippen LogP contribution in [0.1, 0.15) is 6.42 Å². The van der Waals surface area contributed by atoms with Crippen molar-refractivity contribution in [1.82, 2.24) is 0 Å².